The lowest BCUT2D eigenvalue weighted by Crippen LogP contribution is -2.17. The predicted octanol–water partition coefficient (Wildman–Crippen LogP) is 5.43. The summed E-state index contributed by atoms with van der Waals surface area (Å²) in [6.07, 6.45) is 0.949. The number of benzene rings is 2. The van der Waals surface area contributed by atoms with Crippen molar-refractivity contribution in [2.45, 2.75) is 26.5 Å². The first-order valence-electron chi connectivity index (χ1n) is 7.96. The molecular weight excluding hydrogens is 381 g/mol. The van der Waals surface area contributed by atoms with Crippen LogP contribution in [-0.2, 0) is 17.9 Å². The van der Waals surface area contributed by atoms with Crippen molar-refractivity contribution in [2.24, 2.45) is 0 Å². The van der Waals surface area contributed by atoms with Gasteiger partial charge in [0.2, 0.25) is 0 Å². The predicted molar refractivity (Wildman–Crippen MR) is 107 cm³/mol. The van der Waals surface area contributed by atoms with Crippen molar-refractivity contribution in [3.8, 4) is 5.75 Å². The van der Waals surface area contributed by atoms with Gasteiger partial charge in [-0.25, -0.2) is 0 Å². The van der Waals surface area contributed by atoms with Gasteiger partial charge in [0.25, 0.3) is 0 Å². The Bertz CT molecular complexity index is 648. The third-order valence-electron chi connectivity index (χ3n) is 3.61. The van der Waals surface area contributed by atoms with E-state index in [1.165, 1.54) is 5.56 Å². The van der Waals surface area contributed by atoms with E-state index in [0.29, 0.717) is 28.9 Å². The molecule has 0 fully saturated rings. The lowest BCUT2D eigenvalue weighted by atomic mass is 10.1. The fourth-order valence-corrected chi connectivity index (χ4v) is 2.90. The average Bonchev–Trinajstić information content (AvgIpc) is 2.55. The van der Waals surface area contributed by atoms with E-state index in [-0.39, 0.29) is 12.4 Å². The Kier molecular flexibility index (Phi) is 10.2. The van der Waals surface area contributed by atoms with Crippen LogP contribution in [-0.4, -0.2) is 20.3 Å². The number of halogens is 3. The standard InChI is InChI=1S/C19H23Cl2NO2.ClH/c1-14-4-6-15(7-5-14)13-24-19-16(10-17(20)11-18(19)21)12-22-8-3-9-23-2;/h4-7,10-11,22H,3,8-9,12-13H2,1-2H3;1H. The number of nitrogens with one attached hydrogen (secondary N) is 1. The number of ether oxygens (including phenoxy) is 2. The van der Waals surface area contributed by atoms with Crippen LogP contribution in [0.3, 0.4) is 0 Å². The van der Waals surface area contributed by atoms with Gasteiger partial charge in [0.1, 0.15) is 12.4 Å². The second kappa shape index (κ2) is 11.6. The topological polar surface area (TPSA) is 30.5 Å². The molecule has 0 saturated heterocycles. The zero-order valence-electron chi connectivity index (χ0n) is 14.5. The molecule has 0 saturated carbocycles. The van der Waals surface area contributed by atoms with Gasteiger partial charge in [-0.2, -0.15) is 0 Å². The molecule has 0 unspecified atom stereocenters. The lowest BCUT2D eigenvalue weighted by Gasteiger charge is -2.15. The Labute approximate surface area is 166 Å². The van der Waals surface area contributed by atoms with E-state index >= 15 is 0 Å². The molecular formula is C19H24Cl3NO2. The van der Waals surface area contributed by atoms with Gasteiger partial charge in [-0.1, -0.05) is 53.0 Å². The number of hydrogen-bond donors (Lipinski definition) is 1. The van der Waals surface area contributed by atoms with Crippen LogP contribution >= 0.6 is 35.6 Å². The average molecular weight is 405 g/mol. The van der Waals surface area contributed by atoms with Gasteiger partial charge < -0.3 is 14.8 Å². The van der Waals surface area contributed by atoms with Crippen LogP contribution in [0.25, 0.3) is 0 Å². The second-order valence-electron chi connectivity index (χ2n) is 5.67. The van der Waals surface area contributed by atoms with Crippen LogP contribution in [0.1, 0.15) is 23.1 Å². The molecule has 2 aromatic rings. The quantitative estimate of drug-likeness (QED) is 0.565. The summed E-state index contributed by atoms with van der Waals surface area (Å²) in [4.78, 5) is 0. The summed E-state index contributed by atoms with van der Waals surface area (Å²) >= 11 is 12.5. The Morgan fingerprint density at radius 3 is 2.48 bits per heavy atom. The van der Waals surface area contributed by atoms with Gasteiger partial charge in [-0.3, -0.25) is 0 Å². The highest BCUT2D eigenvalue weighted by Gasteiger charge is 2.11. The minimum atomic E-state index is 0. The number of hydrogen-bond acceptors (Lipinski definition) is 3. The normalized spacial score (nSPS) is 10.4. The van der Waals surface area contributed by atoms with Gasteiger partial charge in [-0.15, -0.1) is 12.4 Å². The fraction of sp³-hybridized carbons (Fsp3) is 0.368. The van der Waals surface area contributed by atoms with Gasteiger partial charge in [0.15, 0.2) is 0 Å². The summed E-state index contributed by atoms with van der Waals surface area (Å²) in [7, 11) is 1.70. The molecule has 0 radical (unpaired) electrons. The molecule has 1 N–H and O–H groups in total. The molecule has 0 aliphatic rings. The molecule has 0 heterocycles. The Balaban J connectivity index is 0.00000312. The highest BCUT2D eigenvalue weighted by atomic mass is 35.5. The molecule has 6 heteroatoms. The van der Waals surface area contributed by atoms with Gasteiger partial charge in [-0.05, 0) is 37.6 Å². The molecule has 138 valence electrons. The zero-order chi connectivity index (χ0) is 17.4. The maximum absolute atomic E-state index is 6.33. The molecule has 0 spiro atoms. The van der Waals surface area contributed by atoms with Gasteiger partial charge >= 0.3 is 0 Å². The van der Waals surface area contributed by atoms with E-state index < -0.39 is 0 Å². The van der Waals surface area contributed by atoms with Gasteiger partial charge in [0.05, 0.1) is 5.02 Å². The van der Waals surface area contributed by atoms with Crippen molar-refractivity contribution in [3.63, 3.8) is 0 Å². The van der Waals surface area contributed by atoms with Crippen LogP contribution in [0, 0.1) is 6.92 Å². The molecule has 2 rings (SSSR count). The summed E-state index contributed by atoms with van der Waals surface area (Å²) < 4.78 is 11.0. The van der Waals surface area contributed by atoms with Crippen LogP contribution in [0.4, 0.5) is 0 Å². The number of aryl methyl sites for hydroxylation is 1. The van der Waals surface area contributed by atoms with Crippen molar-refractivity contribution in [1.29, 1.82) is 0 Å². The first kappa shape index (κ1) is 22.1. The van der Waals surface area contributed by atoms with Crippen molar-refractivity contribution < 1.29 is 9.47 Å². The van der Waals surface area contributed by atoms with Gasteiger partial charge in [0, 0.05) is 30.8 Å². The third kappa shape index (κ3) is 7.43. The van der Waals surface area contributed by atoms with E-state index in [1.54, 1.807) is 13.2 Å². The zero-order valence-corrected chi connectivity index (χ0v) is 16.8. The SMILES string of the molecule is COCCCNCc1cc(Cl)cc(Cl)c1OCc1ccc(C)cc1.Cl. The minimum absolute atomic E-state index is 0. The summed E-state index contributed by atoms with van der Waals surface area (Å²) in [6, 6.07) is 11.9. The molecule has 0 aliphatic carbocycles. The molecule has 2 aromatic carbocycles. The van der Waals surface area contributed by atoms with Crippen molar-refractivity contribution >= 4 is 35.6 Å². The van der Waals surface area contributed by atoms with Crippen molar-refractivity contribution in [1.82, 2.24) is 5.32 Å². The van der Waals surface area contributed by atoms with E-state index in [9.17, 15) is 0 Å². The smallest absolute Gasteiger partial charge is 0.142 e. The van der Waals surface area contributed by atoms with Crippen molar-refractivity contribution in [3.05, 3.63) is 63.1 Å². The molecule has 0 bridgehead atoms. The van der Waals surface area contributed by atoms with Crippen LogP contribution in [0.2, 0.25) is 10.0 Å². The summed E-state index contributed by atoms with van der Waals surface area (Å²) in [5.74, 6) is 0.681. The lowest BCUT2D eigenvalue weighted by molar-refractivity contribution is 0.194. The van der Waals surface area contributed by atoms with E-state index in [4.69, 9.17) is 32.7 Å². The molecule has 0 aliphatic heterocycles. The maximum Gasteiger partial charge on any atom is 0.142 e. The Morgan fingerprint density at radius 1 is 1.08 bits per heavy atom. The molecule has 25 heavy (non-hydrogen) atoms. The van der Waals surface area contributed by atoms with E-state index in [2.05, 4.69) is 36.5 Å². The largest absolute Gasteiger partial charge is 0.487 e. The Hall–Kier alpha value is -0.970. The number of methoxy groups -OCH3 is 1. The third-order valence-corrected chi connectivity index (χ3v) is 4.11. The van der Waals surface area contributed by atoms with Crippen LogP contribution in [0.15, 0.2) is 36.4 Å². The van der Waals surface area contributed by atoms with Crippen molar-refractivity contribution in [2.75, 3.05) is 20.3 Å². The summed E-state index contributed by atoms with van der Waals surface area (Å²) in [5, 5.41) is 4.50. The monoisotopic (exact) mass is 403 g/mol. The minimum Gasteiger partial charge on any atom is -0.487 e. The summed E-state index contributed by atoms with van der Waals surface area (Å²) in [5.41, 5.74) is 3.28. The second-order valence-corrected chi connectivity index (χ2v) is 6.52. The van der Waals surface area contributed by atoms with E-state index in [0.717, 1.165) is 30.7 Å². The van der Waals surface area contributed by atoms with Crippen LogP contribution in [0.5, 0.6) is 5.75 Å². The first-order chi connectivity index (χ1) is 11.6. The summed E-state index contributed by atoms with van der Waals surface area (Å²) in [6.45, 7) is 4.77. The molecule has 0 amide bonds. The number of rotatable bonds is 9. The van der Waals surface area contributed by atoms with E-state index in [1.807, 2.05) is 6.07 Å². The molecule has 3 nitrogen and oxygen atoms in total. The first-order valence-corrected chi connectivity index (χ1v) is 8.71. The van der Waals surface area contributed by atoms with Crippen LogP contribution < -0.4 is 10.1 Å². The molecule has 0 aromatic heterocycles. The highest BCUT2D eigenvalue weighted by Crippen LogP contribution is 2.33. The molecule has 0 atom stereocenters. The fourth-order valence-electron chi connectivity index (χ4n) is 2.31. The highest BCUT2D eigenvalue weighted by molar-refractivity contribution is 6.35. The Morgan fingerprint density at radius 2 is 1.80 bits per heavy atom. The maximum atomic E-state index is 6.33.